The largest absolute Gasteiger partial charge is 0.489 e. The zero-order valence-electron chi connectivity index (χ0n) is 14.3. The number of ether oxygens (including phenoxy) is 1. The van der Waals surface area contributed by atoms with Crippen LogP contribution in [0.5, 0.6) is 5.75 Å². The SMILES string of the molecule is CC(C)C[C@H](NC(=O)c1ccc(OCc2ccncc2)cc1)C(=O)O. The van der Waals surface area contributed by atoms with E-state index in [9.17, 15) is 14.7 Å². The molecule has 2 aromatic rings. The zero-order chi connectivity index (χ0) is 18.2. The summed E-state index contributed by atoms with van der Waals surface area (Å²) in [7, 11) is 0. The molecule has 0 spiro atoms. The van der Waals surface area contributed by atoms with E-state index >= 15 is 0 Å². The predicted octanol–water partition coefficient (Wildman–Crippen LogP) is 2.89. The summed E-state index contributed by atoms with van der Waals surface area (Å²) in [6.45, 7) is 4.23. The average Bonchev–Trinajstić information content (AvgIpc) is 2.60. The van der Waals surface area contributed by atoms with Crippen LogP contribution in [0, 0.1) is 5.92 Å². The number of nitrogens with one attached hydrogen (secondary N) is 1. The van der Waals surface area contributed by atoms with Gasteiger partial charge in [0.15, 0.2) is 0 Å². The fourth-order valence-electron chi connectivity index (χ4n) is 2.28. The highest BCUT2D eigenvalue weighted by Crippen LogP contribution is 2.15. The van der Waals surface area contributed by atoms with Crippen molar-refractivity contribution >= 4 is 11.9 Å². The molecule has 0 bridgehead atoms. The highest BCUT2D eigenvalue weighted by molar-refractivity contribution is 5.96. The molecule has 1 heterocycles. The molecule has 0 aliphatic rings. The minimum atomic E-state index is -1.03. The number of rotatable bonds is 8. The molecule has 2 N–H and O–H groups in total. The summed E-state index contributed by atoms with van der Waals surface area (Å²) in [4.78, 5) is 27.4. The Hall–Kier alpha value is -2.89. The summed E-state index contributed by atoms with van der Waals surface area (Å²) in [6.07, 6.45) is 3.78. The lowest BCUT2D eigenvalue weighted by atomic mass is 10.0. The maximum absolute atomic E-state index is 12.2. The summed E-state index contributed by atoms with van der Waals surface area (Å²) in [5.41, 5.74) is 1.39. The number of nitrogens with zero attached hydrogens (tertiary/aromatic N) is 1. The van der Waals surface area contributed by atoms with E-state index in [0.717, 1.165) is 5.56 Å². The molecule has 0 fully saturated rings. The van der Waals surface area contributed by atoms with Crippen molar-refractivity contribution in [3.05, 3.63) is 59.9 Å². The van der Waals surface area contributed by atoms with E-state index in [2.05, 4.69) is 10.3 Å². The standard InChI is InChI=1S/C19H22N2O4/c1-13(2)11-17(19(23)24)21-18(22)15-3-5-16(6-4-15)25-12-14-7-9-20-10-8-14/h3-10,13,17H,11-12H2,1-2H3,(H,21,22)(H,23,24)/t17-/m0/s1. The van der Waals surface area contributed by atoms with Crippen molar-refractivity contribution in [3.8, 4) is 5.75 Å². The number of hydrogen-bond acceptors (Lipinski definition) is 4. The first-order valence-electron chi connectivity index (χ1n) is 8.11. The second-order valence-corrected chi connectivity index (χ2v) is 6.16. The second kappa shape index (κ2) is 8.82. The van der Waals surface area contributed by atoms with Gasteiger partial charge in [-0.3, -0.25) is 9.78 Å². The summed E-state index contributed by atoms with van der Waals surface area (Å²) in [6, 6.07) is 9.44. The molecule has 1 amide bonds. The Bertz CT molecular complexity index is 699. The molecule has 6 heteroatoms. The molecule has 0 radical (unpaired) electrons. The van der Waals surface area contributed by atoms with Crippen LogP contribution in [0.3, 0.4) is 0 Å². The molecule has 0 aliphatic heterocycles. The highest BCUT2D eigenvalue weighted by Gasteiger charge is 2.21. The Morgan fingerprint density at radius 3 is 2.32 bits per heavy atom. The van der Waals surface area contributed by atoms with Gasteiger partial charge in [-0.1, -0.05) is 13.8 Å². The van der Waals surface area contributed by atoms with Crippen molar-refractivity contribution in [2.24, 2.45) is 5.92 Å². The van der Waals surface area contributed by atoms with E-state index in [1.165, 1.54) is 0 Å². The van der Waals surface area contributed by atoms with Gasteiger partial charge in [-0.25, -0.2) is 4.79 Å². The number of carboxylic acid groups (broad SMARTS) is 1. The molecule has 0 aliphatic carbocycles. The number of aromatic nitrogens is 1. The third-order valence-corrected chi connectivity index (χ3v) is 3.58. The zero-order valence-corrected chi connectivity index (χ0v) is 14.3. The van der Waals surface area contributed by atoms with E-state index in [0.29, 0.717) is 24.3 Å². The van der Waals surface area contributed by atoms with E-state index in [-0.39, 0.29) is 5.92 Å². The molecule has 25 heavy (non-hydrogen) atoms. The molecule has 132 valence electrons. The number of benzene rings is 1. The van der Waals surface area contributed by atoms with Crippen molar-refractivity contribution in [2.45, 2.75) is 32.9 Å². The molecule has 1 atom stereocenters. The number of amides is 1. The number of carbonyl (C=O) groups is 2. The van der Waals surface area contributed by atoms with Crippen molar-refractivity contribution < 1.29 is 19.4 Å². The Balaban J connectivity index is 1.94. The van der Waals surface area contributed by atoms with Gasteiger partial charge in [0.2, 0.25) is 0 Å². The lowest BCUT2D eigenvalue weighted by molar-refractivity contribution is -0.139. The first kappa shape index (κ1) is 18.4. The molecule has 1 aromatic heterocycles. The van der Waals surface area contributed by atoms with Gasteiger partial charge >= 0.3 is 5.97 Å². The van der Waals surface area contributed by atoms with Crippen molar-refractivity contribution in [1.82, 2.24) is 10.3 Å². The van der Waals surface area contributed by atoms with E-state index in [1.54, 1.807) is 36.7 Å². The lowest BCUT2D eigenvalue weighted by Gasteiger charge is -2.16. The van der Waals surface area contributed by atoms with Crippen LogP contribution in [0.2, 0.25) is 0 Å². The minimum absolute atomic E-state index is 0.172. The van der Waals surface area contributed by atoms with Gasteiger partial charge in [-0.05, 0) is 54.3 Å². The van der Waals surface area contributed by atoms with Crippen LogP contribution < -0.4 is 10.1 Å². The van der Waals surface area contributed by atoms with Crippen LogP contribution >= 0.6 is 0 Å². The second-order valence-electron chi connectivity index (χ2n) is 6.16. The van der Waals surface area contributed by atoms with Crippen LogP contribution in [0.25, 0.3) is 0 Å². The molecule has 6 nitrogen and oxygen atoms in total. The van der Waals surface area contributed by atoms with Gasteiger partial charge in [0.25, 0.3) is 5.91 Å². The third kappa shape index (κ3) is 5.91. The molecular weight excluding hydrogens is 320 g/mol. The normalized spacial score (nSPS) is 11.8. The molecular formula is C19H22N2O4. The first-order valence-corrected chi connectivity index (χ1v) is 8.11. The summed E-state index contributed by atoms with van der Waals surface area (Å²) in [5, 5.41) is 11.8. The Morgan fingerprint density at radius 2 is 1.76 bits per heavy atom. The van der Waals surface area contributed by atoms with Gasteiger partial charge in [0.05, 0.1) is 0 Å². The number of aliphatic carboxylic acids is 1. The van der Waals surface area contributed by atoms with Crippen LogP contribution in [0.15, 0.2) is 48.8 Å². The number of carboxylic acids is 1. The quantitative estimate of drug-likeness (QED) is 0.770. The van der Waals surface area contributed by atoms with Gasteiger partial charge in [-0.2, -0.15) is 0 Å². The van der Waals surface area contributed by atoms with E-state index in [1.807, 2.05) is 26.0 Å². The Labute approximate surface area is 146 Å². The topological polar surface area (TPSA) is 88.5 Å². The van der Waals surface area contributed by atoms with Crippen molar-refractivity contribution in [1.29, 1.82) is 0 Å². The van der Waals surface area contributed by atoms with Gasteiger partial charge in [0, 0.05) is 18.0 Å². The predicted molar refractivity (Wildman–Crippen MR) is 93.4 cm³/mol. The molecule has 2 rings (SSSR count). The summed E-state index contributed by atoms with van der Waals surface area (Å²) >= 11 is 0. The van der Waals surface area contributed by atoms with Gasteiger partial charge in [0.1, 0.15) is 18.4 Å². The van der Waals surface area contributed by atoms with Crippen molar-refractivity contribution in [2.75, 3.05) is 0 Å². The molecule has 0 unspecified atom stereocenters. The lowest BCUT2D eigenvalue weighted by Crippen LogP contribution is -2.41. The maximum atomic E-state index is 12.2. The van der Waals surface area contributed by atoms with Crippen molar-refractivity contribution in [3.63, 3.8) is 0 Å². The maximum Gasteiger partial charge on any atom is 0.326 e. The monoisotopic (exact) mass is 342 g/mol. The summed E-state index contributed by atoms with van der Waals surface area (Å²) < 4.78 is 5.65. The van der Waals surface area contributed by atoms with Crippen LogP contribution in [0.4, 0.5) is 0 Å². The number of carbonyl (C=O) groups excluding carboxylic acids is 1. The first-order chi connectivity index (χ1) is 12.0. The van der Waals surface area contributed by atoms with E-state index in [4.69, 9.17) is 4.74 Å². The highest BCUT2D eigenvalue weighted by atomic mass is 16.5. The van der Waals surface area contributed by atoms with Gasteiger partial charge in [-0.15, -0.1) is 0 Å². The molecule has 0 saturated carbocycles. The minimum Gasteiger partial charge on any atom is -0.489 e. The number of pyridine rings is 1. The van der Waals surface area contributed by atoms with Crippen LogP contribution in [0.1, 0.15) is 36.2 Å². The molecule has 1 aromatic carbocycles. The average molecular weight is 342 g/mol. The number of hydrogen-bond donors (Lipinski definition) is 2. The Morgan fingerprint density at radius 1 is 1.12 bits per heavy atom. The third-order valence-electron chi connectivity index (χ3n) is 3.58. The fourth-order valence-corrected chi connectivity index (χ4v) is 2.28. The van der Waals surface area contributed by atoms with E-state index < -0.39 is 17.9 Å². The summed E-state index contributed by atoms with van der Waals surface area (Å²) in [5.74, 6) is -0.635. The van der Waals surface area contributed by atoms with Crippen LogP contribution in [-0.2, 0) is 11.4 Å². The van der Waals surface area contributed by atoms with Gasteiger partial charge < -0.3 is 15.2 Å². The fraction of sp³-hybridized carbons (Fsp3) is 0.316. The van der Waals surface area contributed by atoms with Crippen LogP contribution in [-0.4, -0.2) is 28.0 Å². The molecule has 0 saturated heterocycles. The smallest absolute Gasteiger partial charge is 0.326 e. The Kier molecular flexibility index (Phi) is 6.51.